The molecule has 0 aliphatic carbocycles. The van der Waals surface area contributed by atoms with E-state index in [1.165, 1.54) is 5.56 Å². The van der Waals surface area contributed by atoms with Crippen molar-refractivity contribution in [2.24, 2.45) is 5.73 Å². The molecular formula is C16H15ClN2O2. The molecule has 0 aromatic heterocycles. The molecule has 1 atom stereocenters. The molecule has 1 aliphatic heterocycles. The van der Waals surface area contributed by atoms with Crippen LogP contribution in [0.25, 0.3) is 0 Å². The van der Waals surface area contributed by atoms with E-state index in [2.05, 4.69) is 6.07 Å². The van der Waals surface area contributed by atoms with E-state index in [0.29, 0.717) is 22.9 Å². The molecule has 3 N–H and O–H groups in total. The number of para-hydroxylation sites is 1. The third kappa shape index (κ3) is 2.95. The first-order chi connectivity index (χ1) is 10.1. The number of fused-ring (bicyclic) bond motifs is 1. The highest BCUT2D eigenvalue weighted by atomic mass is 35.5. The van der Waals surface area contributed by atoms with Crippen LogP contribution in [0.4, 0.5) is 0 Å². The molecule has 2 aromatic carbocycles. The van der Waals surface area contributed by atoms with Crippen molar-refractivity contribution in [3.8, 4) is 11.5 Å². The molecule has 5 heteroatoms. The Morgan fingerprint density at radius 1 is 1.33 bits per heavy atom. The lowest BCUT2D eigenvalue weighted by Gasteiger charge is -2.13. The zero-order valence-corrected chi connectivity index (χ0v) is 12.1. The number of benzene rings is 2. The molecule has 0 bridgehead atoms. The monoisotopic (exact) mass is 302 g/mol. The van der Waals surface area contributed by atoms with Gasteiger partial charge in [-0.1, -0.05) is 29.8 Å². The Morgan fingerprint density at radius 2 is 2.14 bits per heavy atom. The van der Waals surface area contributed by atoms with Crippen molar-refractivity contribution < 1.29 is 9.47 Å². The third-order valence-electron chi connectivity index (χ3n) is 3.38. The predicted molar refractivity (Wildman–Crippen MR) is 82.5 cm³/mol. The highest BCUT2D eigenvalue weighted by molar-refractivity contribution is 6.34. The van der Waals surface area contributed by atoms with Gasteiger partial charge in [0.05, 0.1) is 5.02 Å². The van der Waals surface area contributed by atoms with Crippen molar-refractivity contribution in [3.05, 3.63) is 58.6 Å². The number of halogens is 1. The summed E-state index contributed by atoms with van der Waals surface area (Å²) in [5, 5.41) is 7.80. The second-order valence-corrected chi connectivity index (χ2v) is 5.33. The molecule has 0 amide bonds. The second kappa shape index (κ2) is 5.66. The summed E-state index contributed by atoms with van der Waals surface area (Å²) in [6, 6.07) is 13.1. The van der Waals surface area contributed by atoms with Crippen molar-refractivity contribution in [1.29, 1.82) is 5.41 Å². The van der Waals surface area contributed by atoms with Crippen LogP contribution in [0.5, 0.6) is 11.5 Å². The van der Waals surface area contributed by atoms with E-state index in [1.807, 2.05) is 18.2 Å². The van der Waals surface area contributed by atoms with Crippen LogP contribution in [-0.2, 0) is 6.42 Å². The van der Waals surface area contributed by atoms with Crippen LogP contribution in [0, 0.1) is 5.41 Å². The third-order valence-corrected chi connectivity index (χ3v) is 3.69. The van der Waals surface area contributed by atoms with E-state index in [-0.39, 0.29) is 11.9 Å². The topological polar surface area (TPSA) is 68.3 Å². The Bertz CT molecular complexity index is 663. The second-order valence-electron chi connectivity index (χ2n) is 4.92. The highest BCUT2D eigenvalue weighted by Gasteiger charge is 2.22. The van der Waals surface area contributed by atoms with Gasteiger partial charge < -0.3 is 15.2 Å². The number of nitrogen functional groups attached to an aromatic ring is 1. The van der Waals surface area contributed by atoms with Gasteiger partial charge in [-0.3, -0.25) is 5.41 Å². The number of hydrogen-bond donors (Lipinski definition) is 2. The molecule has 1 heterocycles. The Balaban J connectivity index is 1.62. The van der Waals surface area contributed by atoms with Crippen LogP contribution >= 0.6 is 11.6 Å². The van der Waals surface area contributed by atoms with Crippen LogP contribution in [0.1, 0.15) is 11.1 Å². The molecule has 0 radical (unpaired) electrons. The van der Waals surface area contributed by atoms with Crippen molar-refractivity contribution in [2.45, 2.75) is 12.5 Å². The predicted octanol–water partition coefficient (Wildman–Crippen LogP) is 3.01. The molecule has 0 spiro atoms. The summed E-state index contributed by atoms with van der Waals surface area (Å²) in [6.07, 6.45) is 0.851. The number of nitrogens with two attached hydrogens (primary N) is 1. The molecule has 3 rings (SSSR count). The minimum atomic E-state index is -0.0545. The van der Waals surface area contributed by atoms with Crippen molar-refractivity contribution >= 4 is 17.4 Å². The molecular weight excluding hydrogens is 288 g/mol. The lowest BCUT2D eigenvalue weighted by atomic mass is 10.1. The van der Waals surface area contributed by atoms with Gasteiger partial charge in [0.1, 0.15) is 30.0 Å². The SMILES string of the molecule is N=C(N)c1ccc(OCC2Cc3ccccc3O2)cc1Cl. The standard InChI is InChI=1S/C16H15ClN2O2/c17-14-8-11(5-6-13(14)16(18)19)20-9-12-7-10-3-1-2-4-15(10)21-12/h1-6,8,12H,7,9H2,(H3,18,19). The summed E-state index contributed by atoms with van der Waals surface area (Å²) in [5.41, 5.74) is 7.14. The minimum absolute atomic E-state index is 0.00802. The fourth-order valence-electron chi connectivity index (χ4n) is 2.34. The number of rotatable bonds is 4. The molecule has 2 aromatic rings. The molecule has 1 aliphatic rings. The van der Waals surface area contributed by atoms with Gasteiger partial charge in [0.2, 0.25) is 0 Å². The van der Waals surface area contributed by atoms with E-state index in [1.54, 1.807) is 18.2 Å². The smallest absolute Gasteiger partial charge is 0.137 e. The quantitative estimate of drug-likeness (QED) is 0.674. The average Bonchev–Trinajstić information content (AvgIpc) is 2.87. The molecule has 4 nitrogen and oxygen atoms in total. The normalized spacial score (nSPS) is 16.1. The van der Waals surface area contributed by atoms with Crippen LogP contribution in [0.3, 0.4) is 0 Å². The van der Waals surface area contributed by atoms with E-state index in [4.69, 9.17) is 32.2 Å². The van der Waals surface area contributed by atoms with Gasteiger partial charge >= 0.3 is 0 Å². The van der Waals surface area contributed by atoms with Gasteiger partial charge in [0.15, 0.2) is 0 Å². The van der Waals surface area contributed by atoms with Crippen LogP contribution < -0.4 is 15.2 Å². The maximum absolute atomic E-state index is 7.39. The van der Waals surface area contributed by atoms with Gasteiger partial charge in [-0.15, -0.1) is 0 Å². The Kier molecular flexibility index (Phi) is 3.71. The number of nitrogens with one attached hydrogen (secondary N) is 1. The molecule has 1 unspecified atom stereocenters. The molecule has 0 saturated heterocycles. The molecule has 21 heavy (non-hydrogen) atoms. The van der Waals surface area contributed by atoms with Gasteiger partial charge in [-0.2, -0.15) is 0 Å². The van der Waals surface area contributed by atoms with Crippen LogP contribution in [0.15, 0.2) is 42.5 Å². The van der Waals surface area contributed by atoms with E-state index in [9.17, 15) is 0 Å². The van der Waals surface area contributed by atoms with E-state index in [0.717, 1.165) is 12.2 Å². The first kappa shape index (κ1) is 13.8. The highest BCUT2D eigenvalue weighted by Crippen LogP contribution is 2.29. The summed E-state index contributed by atoms with van der Waals surface area (Å²) in [6.45, 7) is 0.449. The van der Waals surface area contributed by atoms with Crippen LogP contribution in [-0.4, -0.2) is 18.5 Å². The van der Waals surface area contributed by atoms with Crippen molar-refractivity contribution in [1.82, 2.24) is 0 Å². The minimum Gasteiger partial charge on any atom is -0.490 e. The molecule has 0 fully saturated rings. The first-order valence-corrected chi connectivity index (χ1v) is 7.02. The maximum Gasteiger partial charge on any atom is 0.137 e. The van der Waals surface area contributed by atoms with Gasteiger partial charge in [-0.25, -0.2) is 0 Å². The summed E-state index contributed by atoms with van der Waals surface area (Å²) in [7, 11) is 0. The largest absolute Gasteiger partial charge is 0.490 e. The molecule has 0 saturated carbocycles. The summed E-state index contributed by atoms with van der Waals surface area (Å²) < 4.78 is 11.5. The fraction of sp³-hybridized carbons (Fsp3) is 0.188. The fourth-order valence-corrected chi connectivity index (χ4v) is 2.61. The number of hydrogen-bond acceptors (Lipinski definition) is 3. The Morgan fingerprint density at radius 3 is 2.86 bits per heavy atom. The first-order valence-electron chi connectivity index (χ1n) is 6.65. The number of amidine groups is 1. The zero-order chi connectivity index (χ0) is 14.8. The summed E-state index contributed by atoms with van der Waals surface area (Å²) in [5.74, 6) is 1.52. The number of ether oxygens (including phenoxy) is 2. The summed E-state index contributed by atoms with van der Waals surface area (Å²) in [4.78, 5) is 0. The average molecular weight is 303 g/mol. The van der Waals surface area contributed by atoms with Gasteiger partial charge in [-0.05, 0) is 29.8 Å². The van der Waals surface area contributed by atoms with Crippen molar-refractivity contribution in [3.63, 3.8) is 0 Å². The van der Waals surface area contributed by atoms with Crippen LogP contribution in [0.2, 0.25) is 5.02 Å². The maximum atomic E-state index is 7.39. The van der Waals surface area contributed by atoms with Crippen molar-refractivity contribution in [2.75, 3.05) is 6.61 Å². The Hall–Kier alpha value is -2.20. The van der Waals surface area contributed by atoms with E-state index < -0.39 is 0 Å². The summed E-state index contributed by atoms with van der Waals surface area (Å²) >= 11 is 6.06. The zero-order valence-electron chi connectivity index (χ0n) is 11.3. The lowest BCUT2D eigenvalue weighted by Crippen LogP contribution is -2.22. The molecule has 108 valence electrons. The van der Waals surface area contributed by atoms with Gasteiger partial charge in [0, 0.05) is 12.0 Å². The van der Waals surface area contributed by atoms with Gasteiger partial charge in [0.25, 0.3) is 0 Å². The lowest BCUT2D eigenvalue weighted by molar-refractivity contribution is 0.148. The Labute approximate surface area is 127 Å². The van der Waals surface area contributed by atoms with E-state index >= 15 is 0 Å².